The molecule has 0 radical (unpaired) electrons. The standard InChI is InChI=1S/C19H36N2S/c1-3-5-7-8-9-10-11-12-19(22-17-6-4-2)13-15-21-16-14-20-18-21/h14,16,18-19H,3-13,15,17H2,1-2H3. The Hall–Kier alpha value is -0.440. The molecule has 0 aromatic carbocycles. The number of unbranched alkanes of at least 4 members (excludes halogenated alkanes) is 7. The molecule has 0 aliphatic carbocycles. The molecule has 0 aliphatic heterocycles. The summed E-state index contributed by atoms with van der Waals surface area (Å²) in [6.07, 6.45) is 21.2. The molecule has 0 spiro atoms. The van der Waals surface area contributed by atoms with E-state index < -0.39 is 0 Å². The Balaban J connectivity index is 2.13. The van der Waals surface area contributed by atoms with Gasteiger partial charge in [0.2, 0.25) is 0 Å². The first-order valence-electron chi connectivity index (χ1n) is 9.44. The van der Waals surface area contributed by atoms with Gasteiger partial charge in [0, 0.05) is 24.2 Å². The van der Waals surface area contributed by atoms with E-state index in [0.29, 0.717) is 0 Å². The lowest BCUT2D eigenvalue weighted by molar-refractivity contribution is 0.542. The third-order valence-electron chi connectivity index (χ3n) is 4.25. The largest absolute Gasteiger partial charge is 0.337 e. The quantitative estimate of drug-likeness (QED) is 0.351. The minimum absolute atomic E-state index is 0.838. The Morgan fingerprint density at radius 3 is 2.32 bits per heavy atom. The van der Waals surface area contributed by atoms with Crippen LogP contribution in [0.15, 0.2) is 18.7 Å². The van der Waals surface area contributed by atoms with Gasteiger partial charge in [0.1, 0.15) is 0 Å². The van der Waals surface area contributed by atoms with Crippen molar-refractivity contribution in [3.8, 4) is 0 Å². The van der Waals surface area contributed by atoms with Gasteiger partial charge in [-0.1, -0.05) is 65.2 Å². The summed E-state index contributed by atoms with van der Waals surface area (Å²) in [6.45, 7) is 5.70. The monoisotopic (exact) mass is 324 g/mol. The molecule has 128 valence electrons. The van der Waals surface area contributed by atoms with Crippen LogP contribution in [-0.4, -0.2) is 20.6 Å². The third-order valence-corrected chi connectivity index (χ3v) is 5.72. The Labute approximate surface area is 142 Å². The summed E-state index contributed by atoms with van der Waals surface area (Å²) >= 11 is 2.21. The molecule has 0 aliphatic rings. The van der Waals surface area contributed by atoms with Crippen LogP contribution in [0.3, 0.4) is 0 Å². The SMILES string of the molecule is CCCCCCCCCC(CCn1ccnc1)SCCCC. The van der Waals surface area contributed by atoms with Crippen LogP contribution in [-0.2, 0) is 6.54 Å². The first-order valence-corrected chi connectivity index (χ1v) is 10.5. The lowest BCUT2D eigenvalue weighted by Crippen LogP contribution is -2.08. The Kier molecular flexibility index (Phi) is 12.6. The van der Waals surface area contributed by atoms with Crippen LogP contribution in [0.1, 0.15) is 84.5 Å². The molecule has 0 bridgehead atoms. The highest BCUT2D eigenvalue weighted by Crippen LogP contribution is 2.23. The molecule has 1 atom stereocenters. The first kappa shape index (κ1) is 19.6. The summed E-state index contributed by atoms with van der Waals surface area (Å²) in [4.78, 5) is 4.14. The maximum atomic E-state index is 4.14. The van der Waals surface area contributed by atoms with E-state index in [9.17, 15) is 0 Å². The Bertz CT molecular complexity index is 324. The summed E-state index contributed by atoms with van der Waals surface area (Å²) in [5.74, 6) is 1.33. The van der Waals surface area contributed by atoms with Crippen molar-refractivity contribution in [3.63, 3.8) is 0 Å². The van der Waals surface area contributed by atoms with Crippen molar-refractivity contribution < 1.29 is 0 Å². The van der Waals surface area contributed by atoms with E-state index in [-0.39, 0.29) is 0 Å². The van der Waals surface area contributed by atoms with Crippen LogP contribution in [0.25, 0.3) is 0 Å². The van der Waals surface area contributed by atoms with Crippen molar-refractivity contribution in [1.29, 1.82) is 0 Å². The lowest BCUT2D eigenvalue weighted by atomic mass is 10.1. The van der Waals surface area contributed by atoms with Gasteiger partial charge >= 0.3 is 0 Å². The molecular weight excluding hydrogens is 288 g/mol. The van der Waals surface area contributed by atoms with Crippen LogP contribution in [0.2, 0.25) is 0 Å². The van der Waals surface area contributed by atoms with Gasteiger partial charge in [-0.2, -0.15) is 11.8 Å². The smallest absolute Gasteiger partial charge is 0.0945 e. The van der Waals surface area contributed by atoms with Gasteiger partial charge in [-0.3, -0.25) is 0 Å². The van der Waals surface area contributed by atoms with Gasteiger partial charge < -0.3 is 4.57 Å². The zero-order valence-corrected chi connectivity index (χ0v) is 15.6. The Morgan fingerprint density at radius 2 is 1.64 bits per heavy atom. The fourth-order valence-electron chi connectivity index (χ4n) is 2.75. The fourth-order valence-corrected chi connectivity index (χ4v) is 4.14. The van der Waals surface area contributed by atoms with Crippen LogP contribution < -0.4 is 0 Å². The average molecular weight is 325 g/mol. The number of hydrogen-bond donors (Lipinski definition) is 0. The summed E-state index contributed by atoms with van der Waals surface area (Å²) in [7, 11) is 0. The number of nitrogens with zero attached hydrogens (tertiary/aromatic N) is 2. The van der Waals surface area contributed by atoms with E-state index in [0.717, 1.165) is 11.8 Å². The molecule has 0 N–H and O–H groups in total. The minimum atomic E-state index is 0.838. The average Bonchev–Trinajstić information content (AvgIpc) is 3.04. The van der Waals surface area contributed by atoms with Crippen molar-refractivity contribution in [2.45, 2.75) is 96.3 Å². The molecular formula is C19H36N2S. The van der Waals surface area contributed by atoms with Gasteiger partial charge in [0.05, 0.1) is 6.33 Å². The molecule has 2 nitrogen and oxygen atoms in total. The topological polar surface area (TPSA) is 17.8 Å². The predicted molar refractivity (Wildman–Crippen MR) is 101 cm³/mol. The number of thioether (sulfide) groups is 1. The summed E-state index contributed by atoms with van der Waals surface area (Å²) < 4.78 is 2.22. The van der Waals surface area contributed by atoms with Gasteiger partial charge in [-0.25, -0.2) is 4.98 Å². The summed E-state index contributed by atoms with van der Waals surface area (Å²) in [5.41, 5.74) is 0. The molecule has 1 heterocycles. The van der Waals surface area contributed by atoms with E-state index in [4.69, 9.17) is 0 Å². The van der Waals surface area contributed by atoms with Crippen LogP contribution >= 0.6 is 11.8 Å². The zero-order valence-electron chi connectivity index (χ0n) is 14.8. The van der Waals surface area contributed by atoms with Crippen molar-refractivity contribution >= 4 is 11.8 Å². The van der Waals surface area contributed by atoms with Gasteiger partial charge in [-0.05, 0) is 25.0 Å². The molecule has 1 aromatic rings. The van der Waals surface area contributed by atoms with E-state index in [1.165, 1.54) is 76.4 Å². The molecule has 1 unspecified atom stereocenters. The first-order chi connectivity index (χ1) is 10.9. The molecule has 1 rings (SSSR count). The van der Waals surface area contributed by atoms with Crippen molar-refractivity contribution in [3.05, 3.63) is 18.7 Å². The number of imidazole rings is 1. The number of rotatable bonds is 15. The van der Waals surface area contributed by atoms with E-state index >= 15 is 0 Å². The van der Waals surface area contributed by atoms with Gasteiger partial charge in [0.25, 0.3) is 0 Å². The second-order valence-electron chi connectivity index (χ2n) is 6.35. The van der Waals surface area contributed by atoms with Crippen molar-refractivity contribution in [2.24, 2.45) is 0 Å². The number of hydrogen-bond acceptors (Lipinski definition) is 2. The summed E-state index contributed by atoms with van der Waals surface area (Å²) in [5, 5.41) is 0.838. The molecule has 0 amide bonds. The normalized spacial score (nSPS) is 12.6. The lowest BCUT2D eigenvalue weighted by Gasteiger charge is -2.17. The van der Waals surface area contributed by atoms with Crippen molar-refractivity contribution in [1.82, 2.24) is 9.55 Å². The van der Waals surface area contributed by atoms with Crippen LogP contribution in [0.5, 0.6) is 0 Å². The van der Waals surface area contributed by atoms with Gasteiger partial charge in [0.15, 0.2) is 0 Å². The zero-order chi connectivity index (χ0) is 15.9. The second kappa shape index (κ2) is 14.2. The highest BCUT2D eigenvalue weighted by Gasteiger charge is 2.09. The molecule has 22 heavy (non-hydrogen) atoms. The molecule has 0 saturated carbocycles. The second-order valence-corrected chi connectivity index (χ2v) is 7.75. The highest BCUT2D eigenvalue weighted by molar-refractivity contribution is 7.99. The molecule has 0 saturated heterocycles. The molecule has 3 heteroatoms. The van der Waals surface area contributed by atoms with E-state index in [1.807, 2.05) is 12.5 Å². The predicted octanol–water partition coefficient (Wildman–Crippen LogP) is 6.32. The van der Waals surface area contributed by atoms with Crippen molar-refractivity contribution in [2.75, 3.05) is 5.75 Å². The van der Waals surface area contributed by atoms with Crippen LogP contribution in [0.4, 0.5) is 0 Å². The number of aromatic nitrogens is 2. The highest BCUT2D eigenvalue weighted by atomic mass is 32.2. The maximum Gasteiger partial charge on any atom is 0.0945 e. The maximum absolute atomic E-state index is 4.14. The van der Waals surface area contributed by atoms with E-state index in [2.05, 4.69) is 41.4 Å². The molecule has 0 fully saturated rings. The van der Waals surface area contributed by atoms with E-state index in [1.54, 1.807) is 0 Å². The number of aryl methyl sites for hydroxylation is 1. The van der Waals surface area contributed by atoms with Crippen LogP contribution in [0, 0.1) is 0 Å². The Morgan fingerprint density at radius 1 is 0.909 bits per heavy atom. The minimum Gasteiger partial charge on any atom is -0.337 e. The summed E-state index contributed by atoms with van der Waals surface area (Å²) in [6, 6.07) is 0. The fraction of sp³-hybridized carbons (Fsp3) is 0.842. The van der Waals surface area contributed by atoms with Gasteiger partial charge in [-0.15, -0.1) is 0 Å². The third kappa shape index (κ3) is 10.3. The molecule has 1 aromatic heterocycles.